The Labute approximate surface area is 95.8 Å². The van der Waals surface area contributed by atoms with Crippen LogP contribution in [0, 0.1) is 0 Å². The molecule has 6 heteroatoms. The molecule has 1 saturated heterocycles. The van der Waals surface area contributed by atoms with E-state index in [-0.39, 0.29) is 12.2 Å². The second-order valence-corrected chi connectivity index (χ2v) is 5.89. The summed E-state index contributed by atoms with van der Waals surface area (Å²) in [6.07, 6.45) is 3.53. The molecule has 1 aliphatic rings. The first-order chi connectivity index (χ1) is 7.47. The van der Waals surface area contributed by atoms with Gasteiger partial charge in [0.05, 0.1) is 12.2 Å². The van der Waals surface area contributed by atoms with Crippen molar-refractivity contribution in [1.82, 2.24) is 4.31 Å². The molecule has 16 heavy (non-hydrogen) atoms. The van der Waals surface area contributed by atoms with Crippen LogP contribution in [0.1, 0.15) is 25.7 Å². The van der Waals surface area contributed by atoms with Crippen molar-refractivity contribution >= 4 is 16.0 Å². The molecule has 1 unspecified atom stereocenters. The summed E-state index contributed by atoms with van der Waals surface area (Å²) in [7, 11) is -3.38. The summed E-state index contributed by atoms with van der Waals surface area (Å²) in [6, 6.07) is -0.392. The summed E-state index contributed by atoms with van der Waals surface area (Å²) in [4.78, 5) is 10.7. The Morgan fingerprint density at radius 2 is 2.19 bits per heavy atom. The van der Waals surface area contributed by atoms with E-state index >= 15 is 0 Å². The van der Waals surface area contributed by atoms with Crippen LogP contribution in [-0.2, 0) is 14.8 Å². The number of hydrogen-bond donors (Lipinski definition) is 1. The van der Waals surface area contributed by atoms with E-state index in [1.54, 1.807) is 0 Å². The molecule has 1 fully saturated rings. The van der Waals surface area contributed by atoms with Crippen LogP contribution < -0.4 is 0 Å². The van der Waals surface area contributed by atoms with Crippen molar-refractivity contribution in [1.29, 1.82) is 0 Å². The predicted octanol–water partition coefficient (Wildman–Crippen LogP) is 0.831. The highest BCUT2D eigenvalue weighted by Crippen LogP contribution is 2.23. The molecule has 0 radical (unpaired) electrons. The van der Waals surface area contributed by atoms with Crippen molar-refractivity contribution in [3.8, 4) is 0 Å². The first-order valence-corrected chi connectivity index (χ1v) is 6.90. The Kier molecular flexibility index (Phi) is 4.49. The number of carbonyl (C=O) groups is 1. The van der Waals surface area contributed by atoms with Gasteiger partial charge in [-0.2, -0.15) is 4.31 Å². The van der Waals surface area contributed by atoms with E-state index in [4.69, 9.17) is 5.11 Å². The quantitative estimate of drug-likeness (QED) is 0.730. The second-order valence-electron chi connectivity index (χ2n) is 3.93. The van der Waals surface area contributed by atoms with E-state index < -0.39 is 22.0 Å². The van der Waals surface area contributed by atoms with Gasteiger partial charge in [-0.05, 0) is 12.8 Å². The molecule has 5 nitrogen and oxygen atoms in total. The number of piperidine rings is 1. The normalized spacial score (nSPS) is 22.9. The average Bonchev–Trinajstić information content (AvgIpc) is 2.17. The molecule has 0 amide bonds. The Morgan fingerprint density at radius 3 is 2.75 bits per heavy atom. The largest absolute Gasteiger partial charge is 0.481 e. The lowest BCUT2D eigenvalue weighted by Gasteiger charge is -2.33. The standard InChI is InChI=1S/C10H17NO4S/c1-2-7-16(14,15)11-6-4-3-5-9(11)8-10(12)13/h2,9H,1,3-8H2,(H,12,13). The van der Waals surface area contributed by atoms with Crippen LogP contribution in [0.5, 0.6) is 0 Å². The zero-order chi connectivity index (χ0) is 12.2. The van der Waals surface area contributed by atoms with E-state index in [1.165, 1.54) is 10.4 Å². The van der Waals surface area contributed by atoms with E-state index in [1.807, 2.05) is 0 Å². The zero-order valence-corrected chi connectivity index (χ0v) is 9.95. The fourth-order valence-corrected chi connectivity index (χ4v) is 3.52. The number of aliphatic carboxylic acids is 1. The lowest BCUT2D eigenvalue weighted by atomic mass is 10.0. The maximum Gasteiger partial charge on any atom is 0.304 e. The number of carboxylic acids is 1. The zero-order valence-electron chi connectivity index (χ0n) is 9.13. The number of rotatable bonds is 5. The summed E-state index contributed by atoms with van der Waals surface area (Å²) in [5.41, 5.74) is 0. The van der Waals surface area contributed by atoms with Crippen LogP contribution in [0.25, 0.3) is 0 Å². The molecule has 0 aromatic carbocycles. The minimum absolute atomic E-state index is 0.115. The summed E-state index contributed by atoms with van der Waals surface area (Å²) in [6.45, 7) is 3.83. The van der Waals surface area contributed by atoms with Crippen molar-refractivity contribution < 1.29 is 18.3 Å². The molecule has 1 rings (SSSR count). The van der Waals surface area contributed by atoms with Gasteiger partial charge in [0.25, 0.3) is 0 Å². The first kappa shape index (κ1) is 13.2. The van der Waals surface area contributed by atoms with Gasteiger partial charge in [0, 0.05) is 12.6 Å². The van der Waals surface area contributed by atoms with Crippen molar-refractivity contribution in [2.75, 3.05) is 12.3 Å². The molecule has 92 valence electrons. The van der Waals surface area contributed by atoms with Gasteiger partial charge < -0.3 is 5.11 Å². The van der Waals surface area contributed by atoms with Crippen LogP contribution in [0.15, 0.2) is 12.7 Å². The molecular weight excluding hydrogens is 230 g/mol. The van der Waals surface area contributed by atoms with E-state index in [9.17, 15) is 13.2 Å². The maximum atomic E-state index is 11.8. The van der Waals surface area contributed by atoms with Crippen molar-refractivity contribution in [3.63, 3.8) is 0 Å². The smallest absolute Gasteiger partial charge is 0.304 e. The number of carboxylic acid groups (broad SMARTS) is 1. The fraction of sp³-hybridized carbons (Fsp3) is 0.700. The maximum absolute atomic E-state index is 11.8. The third kappa shape index (κ3) is 3.31. The number of nitrogens with zero attached hydrogens (tertiary/aromatic N) is 1. The van der Waals surface area contributed by atoms with Gasteiger partial charge in [-0.1, -0.05) is 12.5 Å². The van der Waals surface area contributed by atoms with Crippen molar-refractivity contribution in [3.05, 3.63) is 12.7 Å². The molecule has 0 aromatic heterocycles. The molecule has 1 atom stereocenters. The summed E-state index contributed by atoms with van der Waals surface area (Å²) in [5, 5.41) is 8.74. The predicted molar refractivity (Wildman–Crippen MR) is 60.6 cm³/mol. The Balaban J connectivity index is 2.81. The molecule has 1 N–H and O–H groups in total. The molecule has 0 saturated carbocycles. The number of sulfonamides is 1. The van der Waals surface area contributed by atoms with Gasteiger partial charge in [-0.25, -0.2) is 8.42 Å². The van der Waals surface area contributed by atoms with Gasteiger partial charge in [0.1, 0.15) is 0 Å². The fourth-order valence-electron chi connectivity index (χ4n) is 1.99. The summed E-state index contributed by atoms with van der Waals surface area (Å²) < 4.78 is 25.0. The lowest BCUT2D eigenvalue weighted by Crippen LogP contribution is -2.45. The van der Waals surface area contributed by atoms with Gasteiger partial charge >= 0.3 is 5.97 Å². The van der Waals surface area contributed by atoms with Crippen LogP contribution in [0.4, 0.5) is 0 Å². The van der Waals surface area contributed by atoms with E-state index in [2.05, 4.69) is 6.58 Å². The molecule has 0 bridgehead atoms. The third-order valence-corrected chi connectivity index (χ3v) is 4.52. The number of hydrogen-bond acceptors (Lipinski definition) is 3. The molecule has 1 heterocycles. The van der Waals surface area contributed by atoms with Crippen LogP contribution in [0.2, 0.25) is 0 Å². The Bertz CT molecular complexity index is 363. The Morgan fingerprint density at radius 1 is 1.50 bits per heavy atom. The van der Waals surface area contributed by atoms with Gasteiger partial charge in [0.15, 0.2) is 0 Å². The topological polar surface area (TPSA) is 74.7 Å². The summed E-state index contributed by atoms with van der Waals surface area (Å²) >= 11 is 0. The van der Waals surface area contributed by atoms with Crippen molar-refractivity contribution in [2.24, 2.45) is 0 Å². The highest BCUT2D eigenvalue weighted by atomic mass is 32.2. The van der Waals surface area contributed by atoms with Crippen LogP contribution in [0.3, 0.4) is 0 Å². The van der Waals surface area contributed by atoms with E-state index in [0.29, 0.717) is 13.0 Å². The third-order valence-electron chi connectivity index (χ3n) is 2.67. The minimum atomic E-state index is -3.38. The van der Waals surface area contributed by atoms with Crippen LogP contribution in [-0.4, -0.2) is 42.1 Å². The molecule has 1 aliphatic heterocycles. The van der Waals surface area contributed by atoms with Crippen molar-refractivity contribution in [2.45, 2.75) is 31.7 Å². The molecule has 0 aromatic rings. The summed E-state index contributed by atoms with van der Waals surface area (Å²) in [5.74, 6) is -1.07. The average molecular weight is 247 g/mol. The molecule has 0 spiro atoms. The van der Waals surface area contributed by atoms with E-state index in [0.717, 1.165) is 12.8 Å². The van der Waals surface area contributed by atoms with Gasteiger partial charge in [0.2, 0.25) is 10.0 Å². The first-order valence-electron chi connectivity index (χ1n) is 5.29. The second kappa shape index (κ2) is 5.45. The SMILES string of the molecule is C=CCS(=O)(=O)N1CCCCC1CC(=O)O. The van der Waals surface area contributed by atoms with Gasteiger partial charge in [-0.15, -0.1) is 6.58 Å². The molecule has 0 aliphatic carbocycles. The highest BCUT2D eigenvalue weighted by molar-refractivity contribution is 7.89. The Hall–Kier alpha value is -0.880. The monoisotopic (exact) mass is 247 g/mol. The molecular formula is C10H17NO4S. The van der Waals surface area contributed by atoms with Crippen LogP contribution >= 0.6 is 0 Å². The lowest BCUT2D eigenvalue weighted by molar-refractivity contribution is -0.138. The van der Waals surface area contributed by atoms with Gasteiger partial charge in [-0.3, -0.25) is 4.79 Å². The minimum Gasteiger partial charge on any atom is -0.481 e. The highest BCUT2D eigenvalue weighted by Gasteiger charge is 2.32.